The van der Waals surface area contributed by atoms with E-state index >= 15 is 0 Å². The zero-order valence-corrected chi connectivity index (χ0v) is 9.32. The Balaban J connectivity index is 2.24. The summed E-state index contributed by atoms with van der Waals surface area (Å²) in [7, 11) is 0. The van der Waals surface area contributed by atoms with E-state index in [1.54, 1.807) is 24.4 Å². The zero-order chi connectivity index (χ0) is 11.4. The van der Waals surface area contributed by atoms with Gasteiger partial charge in [0.05, 0.1) is 5.02 Å². The van der Waals surface area contributed by atoms with E-state index in [1.165, 1.54) is 0 Å². The molecule has 0 atom stereocenters. The first-order valence-corrected chi connectivity index (χ1v) is 5.25. The largest absolute Gasteiger partial charge is 0.437 e. The van der Waals surface area contributed by atoms with Crippen LogP contribution in [0.15, 0.2) is 42.6 Å². The second kappa shape index (κ2) is 4.96. The highest BCUT2D eigenvalue weighted by Gasteiger charge is 2.03. The van der Waals surface area contributed by atoms with Crippen molar-refractivity contribution in [1.29, 1.82) is 0 Å². The van der Waals surface area contributed by atoms with Gasteiger partial charge in [0.15, 0.2) is 0 Å². The average molecular weight is 235 g/mol. The fraction of sp³-hybridized carbons (Fsp3) is 0.0833. The molecule has 0 bridgehead atoms. The van der Waals surface area contributed by atoms with Gasteiger partial charge in [-0.15, -0.1) is 0 Å². The zero-order valence-electron chi connectivity index (χ0n) is 8.56. The first-order chi connectivity index (χ1) is 7.79. The van der Waals surface area contributed by atoms with E-state index in [0.29, 0.717) is 23.2 Å². The summed E-state index contributed by atoms with van der Waals surface area (Å²) in [5.41, 5.74) is 6.50. The molecule has 1 aromatic heterocycles. The predicted octanol–water partition coefficient (Wildman–Crippen LogP) is 2.99. The Morgan fingerprint density at radius 3 is 2.81 bits per heavy atom. The van der Waals surface area contributed by atoms with Gasteiger partial charge >= 0.3 is 0 Å². The summed E-state index contributed by atoms with van der Waals surface area (Å²) in [4.78, 5) is 4.09. The molecular weight excluding hydrogens is 224 g/mol. The van der Waals surface area contributed by atoms with Gasteiger partial charge in [-0.05, 0) is 23.8 Å². The maximum Gasteiger partial charge on any atom is 0.219 e. The van der Waals surface area contributed by atoms with Gasteiger partial charge in [-0.3, -0.25) is 0 Å². The van der Waals surface area contributed by atoms with Crippen LogP contribution in [0, 0.1) is 0 Å². The van der Waals surface area contributed by atoms with Crippen LogP contribution in [0.5, 0.6) is 11.6 Å². The molecule has 1 heterocycles. The van der Waals surface area contributed by atoms with Gasteiger partial charge < -0.3 is 10.5 Å². The van der Waals surface area contributed by atoms with Crippen molar-refractivity contribution in [2.75, 3.05) is 0 Å². The maximum absolute atomic E-state index is 5.97. The maximum atomic E-state index is 5.97. The van der Waals surface area contributed by atoms with Crippen LogP contribution >= 0.6 is 11.6 Å². The van der Waals surface area contributed by atoms with Crippen molar-refractivity contribution in [3.8, 4) is 11.6 Å². The third-order valence-corrected chi connectivity index (χ3v) is 2.40. The lowest BCUT2D eigenvalue weighted by molar-refractivity contribution is 0.462. The summed E-state index contributed by atoms with van der Waals surface area (Å²) < 4.78 is 5.55. The number of nitrogens with two attached hydrogens (primary N) is 1. The molecule has 0 aliphatic rings. The molecule has 0 radical (unpaired) electrons. The van der Waals surface area contributed by atoms with Gasteiger partial charge in [0.25, 0.3) is 0 Å². The Morgan fingerprint density at radius 2 is 2.06 bits per heavy atom. The van der Waals surface area contributed by atoms with Gasteiger partial charge in [-0.25, -0.2) is 4.98 Å². The summed E-state index contributed by atoms with van der Waals surface area (Å²) >= 11 is 5.97. The minimum Gasteiger partial charge on any atom is -0.437 e. The number of rotatable bonds is 3. The third kappa shape index (κ3) is 2.51. The Labute approximate surface area is 98.8 Å². The molecule has 2 rings (SSSR count). The Hall–Kier alpha value is -1.58. The molecule has 4 heteroatoms. The molecule has 0 saturated carbocycles. The monoisotopic (exact) mass is 234 g/mol. The van der Waals surface area contributed by atoms with Gasteiger partial charge in [0.1, 0.15) is 5.75 Å². The first kappa shape index (κ1) is 10.9. The smallest absolute Gasteiger partial charge is 0.219 e. The van der Waals surface area contributed by atoms with Crippen LogP contribution in [0.1, 0.15) is 5.56 Å². The van der Waals surface area contributed by atoms with Crippen LogP contribution in [-0.4, -0.2) is 4.98 Å². The van der Waals surface area contributed by atoms with Crippen molar-refractivity contribution in [3.05, 3.63) is 53.2 Å². The van der Waals surface area contributed by atoms with Crippen molar-refractivity contribution < 1.29 is 4.74 Å². The molecule has 0 saturated heterocycles. The number of para-hydroxylation sites is 1. The lowest BCUT2D eigenvalue weighted by Gasteiger charge is -2.06. The molecule has 2 N–H and O–H groups in total. The number of ether oxygens (including phenoxy) is 1. The van der Waals surface area contributed by atoms with E-state index in [2.05, 4.69) is 4.98 Å². The number of nitrogens with zero attached hydrogens (tertiary/aromatic N) is 1. The molecule has 3 nitrogen and oxygen atoms in total. The highest BCUT2D eigenvalue weighted by Crippen LogP contribution is 2.27. The highest BCUT2D eigenvalue weighted by atomic mass is 35.5. The Bertz CT molecular complexity index is 488. The molecule has 0 unspecified atom stereocenters. The molecule has 82 valence electrons. The minimum atomic E-state index is 0.460. The SMILES string of the molecule is NCc1ccnc(Oc2ccccc2Cl)c1. The Kier molecular flexibility index (Phi) is 3.39. The summed E-state index contributed by atoms with van der Waals surface area (Å²) in [6.45, 7) is 0.460. The lowest BCUT2D eigenvalue weighted by atomic mass is 10.3. The van der Waals surface area contributed by atoms with Gasteiger partial charge in [-0.2, -0.15) is 0 Å². The van der Waals surface area contributed by atoms with Crippen LogP contribution < -0.4 is 10.5 Å². The Morgan fingerprint density at radius 1 is 1.25 bits per heavy atom. The second-order valence-corrected chi connectivity index (χ2v) is 3.65. The van der Waals surface area contributed by atoms with Crippen molar-refractivity contribution in [3.63, 3.8) is 0 Å². The third-order valence-electron chi connectivity index (χ3n) is 2.09. The number of halogens is 1. The van der Waals surface area contributed by atoms with Crippen LogP contribution in [0.25, 0.3) is 0 Å². The minimum absolute atomic E-state index is 0.460. The average Bonchev–Trinajstić information content (AvgIpc) is 2.32. The van der Waals surface area contributed by atoms with Crippen molar-refractivity contribution in [1.82, 2.24) is 4.98 Å². The second-order valence-electron chi connectivity index (χ2n) is 3.24. The molecule has 16 heavy (non-hydrogen) atoms. The van der Waals surface area contributed by atoms with Gasteiger partial charge in [0, 0.05) is 18.8 Å². The van der Waals surface area contributed by atoms with E-state index in [0.717, 1.165) is 5.56 Å². The van der Waals surface area contributed by atoms with E-state index in [4.69, 9.17) is 22.1 Å². The first-order valence-electron chi connectivity index (χ1n) is 4.87. The standard InChI is InChI=1S/C12H11ClN2O/c13-10-3-1-2-4-11(10)16-12-7-9(8-14)5-6-15-12/h1-7H,8,14H2. The van der Waals surface area contributed by atoms with Crippen molar-refractivity contribution in [2.24, 2.45) is 5.73 Å². The quantitative estimate of drug-likeness (QED) is 0.888. The molecule has 2 aromatic rings. The van der Waals surface area contributed by atoms with E-state index in [1.807, 2.05) is 18.2 Å². The normalized spacial score (nSPS) is 10.1. The summed E-state index contributed by atoms with van der Waals surface area (Å²) in [6, 6.07) is 10.9. The topological polar surface area (TPSA) is 48.1 Å². The fourth-order valence-electron chi connectivity index (χ4n) is 1.27. The number of benzene rings is 1. The van der Waals surface area contributed by atoms with Crippen LogP contribution in [0.3, 0.4) is 0 Å². The van der Waals surface area contributed by atoms with Crippen LogP contribution in [0.4, 0.5) is 0 Å². The molecule has 1 aromatic carbocycles. The molecule has 0 aliphatic carbocycles. The van der Waals surface area contributed by atoms with Gasteiger partial charge in [-0.1, -0.05) is 23.7 Å². The summed E-state index contributed by atoms with van der Waals surface area (Å²) in [5.74, 6) is 1.09. The van der Waals surface area contributed by atoms with Crippen molar-refractivity contribution in [2.45, 2.75) is 6.54 Å². The molecule has 0 fully saturated rings. The molecule has 0 spiro atoms. The number of aromatic nitrogens is 1. The molecule has 0 amide bonds. The van der Waals surface area contributed by atoms with Crippen molar-refractivity contribution >= 4 is 11.6 Å². The summed E-state index contributed by atoms with van der Waals surface area (Å²) in [6.07, 6.45) is 1.66. The van der Waals surface area contributed by atoms with E-state index in [9.17, 15) is 0 Å². The van der Waals surface area contributed by atoms with E-state index in [-0.39, 0.29) is 0 Å². The highest BCUT2D eigenvalue weighted by molar-refractivity contribution is 6.32. The number of hydrogen-bond donors (Lipinski definition) is 1. The van der Waals surface area contributed by atoms with Crippen LogP contribution in [0.2, 0.25) is 5.02 Å². The number of hydrogen-bond acceptors (Lipinski definition) is 3. The summed E-state index contributed by atoms with van der Waals surface area (Å²) in [5, 5.41) is 0.558. The molecular formula is C12H11ClN2O. The fourth-order valence-corrected chi connectivity index (χ4v) is 1.45. The lowest BCUT2D eigenvalue weighted by Crippen LogP contribution is -1.97. The van der Waals surface area contributed by atoms with E-state index < -0.39 is 0 Å². The predicted molar refractivity (Wildman–Crippen MR) is 63.7 cm³/mol. The van der Waals surface area contributed by atoms with Crippen LogP contribution in [-0.2, 0) is 6.54 Å². The molecule has 0 aliphatic heterocycles. The van der Waals surface area contributed by atoms with Gasteiger partial charge in [0.2, 0.25) is 5.88 Å². The number of pyridine rings is 1.